The molecule has 82 valence electrons. The fourth-order valence-electron chi connectivity index (χ4n) is 2.22. The molecule has 0 aromatic heterocycles. The summed E-state index contributed by atoms with van der Waals surface area (Å²) < 4.78 is 0. The molecular formula is C12H22O2. The molecule has 0 amide bonds. The quantitative estimate of drug-likeness (QED) is 0.681. The van der Waals surface area contributed by atoms with Crippen molar-refractivity contribution in [3.05, 3.63) is 11.6 Å². The smallest absolute Gasteiger partial charge is 0.0496 e. The molecule has 0 aromatic rings. The Hall–Kier alpha value is -0.340. The summed E-state index contributed by atoms with van der Waals surface area (Å²) in [5.74, 6) is 0.868. The predicted molar refractivity (Wildman–Crippen MR) is 57.9 cm³/mol. The third-order valence-electron chi connectivity index (χ3n) is 3.61. The van der Waals surface area contributed by atoms with E-state index in [1.807, 2.05) is 0 Å². The van der Waals surface area contributed by atoms with Gasteiger partial charge in [-0.2, -0.15) is 0 Å². The van der Waals surface area contributed by atoms with Crippen LogP contribution in [0.15, 0.2) is 11.6 Å². The summed E-state index contributed by atoms with van der Waals surface area (Å²) in [4.78, 5) is 0. The summed E-state index contributed by atoms with van der Waals surface area (Å²) in [6, 6.07) is 0. The maximum Gasteiger partial charge on any atom is 0.0496 e. The van der Waals surface area contributed by atoms with Gasteiger partial charge in [-0.3, -0.25) is 0 Å². The second kappa shape index (κ2) is 4.45. The van der Waals surface area contributed by atoms with Crippen molar-refractivity contribution in [3.8, 4) is 0 Å². The minimum absolute atomic E-state index is 0.187. The standard InChI is InChI=1S/C12H22O2/c1-9-6-11(8-14)10(4-5-13)7-12(9,2)3/h7,9,11,13-14H,4-6,8H2,1-3H3. The Kier molecular flexibility index (Phi) is 3.73. The van der Waals surface area contributed by atoms with Gasteiger partial charge in [0.15, 0.2) is 0 Å². The van der Waals surface area contributed by atoms with E-state index >= 15 is 0 Å². The average Bonchev–Trinajstić information content (AvgIpc) is 2.11. The highest BCUT2D eigenvalue weighted by Crippen LogP contribution is 2.41. The fraction of sp³-hybridized carbons (Fsp3) is 0.833. The van der Waals surface area contributed by atoms with Crippen molar-refractivity contribution in [2.75, 3.05) is 13.2 Å². The molecule has 0 aliphatic heterocycles. The van der Waals surface area contributed by atoms with E-state index < -0.39 is 0 Å². The van der Waals surface area contributed by atoms with Gasteiger partial charge in [-0.25, -0.2) is 0 Å². The number of aliphatic hydroxyl groups is 2. The Balaban J connectivity index is 2.85. The van der Waals surface area contributed by atoms with Crippen LogP contribution in [0.25, 0.3) is 0 Å². The molecule has 2 nitrogen and oxygen atoms in total. The zero-order valence-electron chi connectivity index (χ0n) is 9.45. The van der Waals surface area contributed by atoms with Gasteiger partial charge in [0.05, 0.1) is 0 Å². The Morgan fingerprint density at radius 2 is 2.07 bits per heavy atom. The topological polar surface area (TPSA) is 40.5 Å². The van der Waals surface area contributed by atoms with Crippen molar-refractivity contribution in [2.45, 2.75) is 33.6 Å². The molecule has 1 aliphatic carbocycles. The van der Waals surface area contributed by atoms with Crippen LogP contribution in [0.2, 0.25) is 0 Å². The molecule has 0 saturated heterocycles. The van der Waals surface area contributed by atoms with Gasteiger partial charge in [0.1, 0.15) is 0 Å². The van der Waals surface area contributed by atoms with Crippen molar-refractivity contribution in [2.24, 2.45) is 17.3 Å². The van der Waals surface area contributed by atoms with E-state index in [2.05, 4.69) is 26.8 Å². The van der Waals surface area contributed by atoms with E-state index in [-0.39, 0.29) is 24.5 Å². The number of hydrogen-bond acceptors (Lipinski definition) is 2. The van der Waals surface area contributed by atoms with Crippen LogP contribution < -0.4 is 0 Å². The van der Waals surface area contributed by atoms with Crippen LogP contribution in [-0.2, 0) is 0 Å². The van der Waals surface area contributed by atoms with Gasteiger partial charge in [0, 0.05) is 19.1 Å². The van der Waals surface area contributed by atoms with Crippen molar-refractivity contribution in [3.63, 3.8) is 0 Å². The first-order chi connectivity index (χ1) is 6.51. The second-order valence-electron chi connectivity index (χ2n) is 5.03. The lowest BCUT2D eigenvalue weighted by Gasteiger charge is -2.38. The van der Waals surface area contributed by atoms with Crippen LogP contribution in [0.3, 0.4) is 0 Å². The Labute approximate surface area is 86.6 Å². The first-order valence-electron chi connectivity index (χ1n) is 5.44. The summed E-state index contributed by atoms with van der Waals surface area (Å²) >= 11 is 0. The van der Waals surface area contributed by atoms with Crippen LogP contribution in [0, 0.1) is 17.3 Å². The van der Waals surface area contributed by atoms with E-state index in [9.17, 15) is 5.11 Å². The molecular weight excluding hydrogens is 176 g/mol. The molecule has 1 rings (SSSR count). The van der Waals surface area contributed by atoms with Gasteiger partial charge in [0.2, 0.25) is 0 Å². The molecule has 0 aromatic carbocycles. The predicted octanol–water partition coefficient (Wildman–Crippen LogP) is 1.97. The Morgan fingerprint density at radius 1 is 1.43 bits per heavy atom. The van der Waals surface area contributed by atoms with Gasteiger partial charge >= 0.3 is 0 Å². The van der Waals surface area contributed by atoms with Crippen LogP contribution in [0.5, 0.6) is 0 Å². The van der Waals surface area contributed by atoms with Gasteiger partial charge in [0.25, 0.3) is 0 Å². The van der Waals surface area contributed by atoms with Gasteiger partial charge in [-0.1, -0.05) is 32.4 Å². The molecule has 0 fully saturated rings. The number of hydrogen-bond donors (Lipinski definition) is 2. The van der Waals surface area contributed by atoms with E-state index in [0.717, 1.165) is 6.42 Å². The number of allylic oxidation sites excluding steroid dienone is 1. The van der Waals surface area contributed by atoms with E-state index in [1.165, 1.54) is 5.57 Å². The largest absolute Gasteiger partial charge is 0.396 e. The van der Waals surface area contributed by atoms with Crippen LogP contribution in [-0.4, -0.2) is 23.4 Å². The molecule has 2 unspecified atom stereocenters. The van der Waals surface area contributed by atoms with E-state index in [0.29, 0.717) is 12.3 Å². The van der Waals surface area contributed by atoms with Crippen LogP contribution in [0.1, 0.15) is 33.6 Å². The van der Waals surface area contributed by atoms with Crippen LogP contribution in [0.4, 0.5) is 0 Å². The average molecular weight is 198 g/mol. The zero-order valence-corrected chi connectivity index (χ0v) is 9.45. The monoisotopic (exact) mass is 198 g/mol. The van der Waals surface area contributed by atoms with E-state index in [4.69, 9.17) is 5.11 Å². The Morgan fingerprint density at radius 3 is 2.57 bits per heavy atom. The van der Waals surface area contributed by atoms with Gasteiger partial charge in [-0.15, -0.1) is 0 Å². The van der Waals surface area contributed by atoms with Crippen molar-refractivity contribution >= 4 is 0 Å². The van der Waals surface area contributed by atoms with Crippen molar-refractivity contribution in [1.29, 1.82) is 0 Å². The summed E-state index contributed by atoms with van der Waals surface area (Å²) in [7, 11) is 0. The highest BCUT2D eigenvalue weighted by atomic mass is 16.3. The second-order valence-corrected chi connectivity index (χ2v) is 5.03. The third-order valence-corrected chi connectivity index (χ3v) is 3.61. The SMILES string of the molecule is CC1CC(CO)C(CCO)=CC1(C)C. The molecule has 0 bridgehead atoms. The van der Waals surface area contributed by atoms with Gasteiger partial charge < -0.3 is 10.2 Å². The van der Waals surface area contributed by atoms with Crippen LogP contribution >= 0.6 is 0 Å². The molecule has 0 saturated carbocycles. The fourth-order valence-corrected chi connectivity index (χ4v) is 2.22. The molecule has 0 radical (unpaired) electrons. The highest BCUT2D eigenvalue weighted by molar-refractivity contribution is 5.17. The summed E-state index contributed by atoms with van der Waals surface area (Å²) in [6.07, 6.45) is 4.00. The maximum absolute atomic E-state index is 9.25. The lowest BCUT2D eigenvalue weighted by molar-refractivity contribution is 0.165. The minimum Gasteiger partial charge on any atom is -0.396 e. The minimum atomic E-state index is 0.187. The summed E-state index contributed by atoms with van der Waals surface area (Å²) in [6.45, 7) is 7.08. The molecule has 1 aliphatic rings. The van der Waals surface area contributed by atoms with E-state index in [1.54, 1.807) is 0 Å². The first kappa shape index (κ1) is 11.7. The molecule has 14 heavy (non-hydrogen) atoms. The first-order valence-corrected chi connectivity index (χ1v) is 5.44. The summed E-state index contributed by atoms with van der Waals surface area (Å²) in [5, 5.41) is 18.2. The normalized spacial score (nSPS) is 31.4. The Bertz CT molecular complexity index is 218. The molecule has 2 atom stereocenters. The maximum atomic E-state index is 9.25. The third kappa shape index (κ3) is 2.37. The lowest BCUT2D eigenvalue weighted by Crippen LogP contribution is -2.30. The number of aliphatic hydroxyl groups excluding tert-OH is 2. The summed E-state index contributed by atoms with van der Waals surface area (Å²) in [5.41, 5.74) is 1.44. The molecule has 0 spiro atoms. The zero-order chi connectivity index (χ0) is 10.8. The van der Waals surface area contributed by atoms with Crippen molar-refractivity contribution < 1.29 is 10.2 Å². The number of rotatable bonds is 3. The molecule has 0 heterocycles. The molecule has 2 N–H and O–H groups in total. The molecule has 2 heteroatoms. The van der Waals surface area contributed by atoms with Crippen molar-refractivity contribution in [1.82, 2.24) is 0 Å². The lowest BCUT2D eigenvalue weighted by atomic mass is 9.67. The van der Waals surface area contributed by atoms with Gasteiger partial charge in [-0.05, 0) is 24.2 Å². The highest BCUT2D eigenvalue weighted by Gasteiger charge is 2.32.